The van der Waals surface area contributed by atoms with Crippen molar-refractivity contribution in [2.45, 2.75) is 45.6 Å². The Balaban J connectivity index is 2.10. The van der Waals surface area contributed by atoms with Crippen LogP contribution in [0.5, 0.6) is 0 Å². The Morgan fingerprint density at radius 2 is 2.33 bits per heavy atom. The number of aromatic nitrogens is 2. The van der Waals surface area contributed by atoms with Gasteiger partial charge in [-0.25, -0.2) is 0 Å². The Labute approximate surface area is 92.9 Å². The molecule has 1 aromatic heterocycles. The second-order valence-electron chi connectivity index (χ2n) is 4.27. The van der Waals surface area contributed by atoms with Crippen molar-refractivity contribution in [3.05, 3.63) is 18.0 Å². The molecule has 15 heavy (non-hydrogen) atoms. The van der Waals surface area contributed by atoms with Crippen LogP contribution in [0.15, 0.2) is 12.4 Å². The Hall–Kier alpha value is -0.830. The molecule has 0 saturated heterocycles. The van der Waals surface area contributed by atoms with Gasteiger partial charge < -0.3 is 5.32 Å². The maximum atomic E-state index is 4.17. The number of rotatable bonds is 7. The lowest BCUT2D eigenvalue weighted by Crippen LogP contribution is -2.26. The van der Waals surface area contributed by atoms with Gasteiger partial charge in [0.15, 0.2) is 0 Å². The van der Waals surface area contributed by atoms with E-state index in [0.29, 0.717) is 6.04 Å². The third-order valence-electron chi connectivity index (χ3n) is 2.60. The number of hydrogen-bond donors (Lipinski definition) is 1. The minimum Gasteiger partial charge on any atom is -0.314 e. The predicted octanol–water partition coefficient (Wildman–Crippen LogP) is 2.13. The maximum Gasteiger partial charge on any atom is 0.0521 e. The minimum atomic E-state index is 0.640. The molecular weight excluding hydrogens is 186 g/mol. The van der Waals surface area contributed by atoms with E-state index in [1.165, 1.54) is 24.8 Å². The molecule has 86 valence electrons. The normalized spacial score (nSPS) is 13.0. The standard InChI is InChI=1S/C12H23N3/c1-4-8-13-11(2)6-5-7-12-9-14-15(3)10-12/h9-11,13H,4-8H2,1-3H3. The van der Waals surface area contributed by atoms with E-state index in [1.807, 2.05) is 17.9 Å². The van der Waals surface area contributed by atoms with Gasteiger partial charge in [0.2, 0.25) is 0 Å². The molecule has 0 bridgehead atoms. The third kappa shape index (κ3) is 4.98. The second-order valence-corrected chi connectivity index (χ2v) is 4.27. The summed E-state index contributed by atoms with van der Waals surface area (Å²) in [5.41, 5.74) is 1.35. The van der Waals surface area contributed by atoms with Crippen molar-refractivity contribution in [3.63, 3.8) is 0 Å². The number of hydrogen-bond acceptors (Lipinski definition) is 2. The minimum absolute atomic E-state index is 0.640. The molecule has 3 heteroatoms. The average molecular weight is 209 g/mol. The summed E-state index contributed by atoms with van der Waals surface area (Å²) >= 11 is 0. The molecule has 0 amide bonds. The van der Waals surface area contributed by atoms with Crippen molar-refractivity contribution in [3.8, 4) is 0 Å². The van der Waals surface area contributed by atoms with Crippen LogP contribution in [0.4, 0.5) is 0 Å². The van der Waals surface area contributed by atoms with Crippen LogP contribution in [-0.4, -0.2) is 22.4 Å². The molecule has 1 aromatic rings. The highest BCUT2D eigenvalue weighted by Crippen LogP contribution is 2.05. The first-order valence-electron chi connectivity index (χ1n) is 5.93. The molecule has 0 saturated carbocycles. The van der Waals surface area contributed by atoms with E-state index in [9.17, 15) is 0 Å². The zero-order valence-electron chi connectivity index (χ0n) is 10.2. The average Bonchev–Trinajstić information content (AvgIpc) is 2.61. The van der Waals surface area contributed by atoms with Crippen LogP contribution in [0.2, 0.25) is 0 Å². The highest BCUT2D eigenvalue weighted by atomic mass is 15.2. The maximum absolute atomic E-state index is 4.17. The summed E-state index contributed by atoms with van der Waals surface area (Å²) in [5, 5.41) is 7.67. The fourth-order valence-electron chi connectivity index (χ4n) is 1.71. The quantitative estimate of drug-likeness (QED) is 0.745. The van der Waals surface area contributed by atoms with Crippen LogP contribution in [0.25, 0.3) is 0 Å². The van der Waals surface area contributed by atoms with Gasteiger partial charge in [-0.05, 0) is 44.7 Å². The molecule has 0 fully saturated rings. The van der Waals surface area contributed by atoms with E-state index in [-0.39, 0.29) is 0 Å². The van der Waals surface area contributed by atoms with Crippen molar-refractivity contribution in [1.29, 1.82) is 0 Å². The van der Waals surface area contributed by atoms with Crippen LogP contribution in [0.3, 0.4) is 0 Å². The molecule has 1 rings (SSSR count). The topological polar surface area (TPSA) is 29.9 Å². The molecule has 0 spiro atoms. The van der Waals surface area contributed by atoms with Gasteiger partial charge in [-0.15, -0.1) is 0 Å². The largest absolute Gasteiger partial charge is 0.314 e. The highest BCUT2D eigenvalue weighted by molar-refractivity contribution is 5.03. The summed E-state index contributed by atoms with van der Waals surface area (Å²) in [6, 6.07) is 0.640. The molecule has 0 aliphatic carbocycles. The van der Waals surface area contributed by atoms with Crippen molar-refractivity contribution < 1.29 is 0 Å². The summed E-state index contributed by atoms with van der Waals surface area (Å²) < 4.78 is 1.87. The summed E-state index contributed by atoms with van der Waals surface area (Å²) in [5.74, 6) is 0. The van der Waals surface area contributed by atoms with Crippen molar-refractivity contribution in [1.82, 2.24) is 15.1 Å². The fourth-order valence-corrected chi connectivity index (χ4v) is 1.71. The Morgan fingerprint density at radius 3 is 2.93 bits per heavy atom. The van der Waals surface area contributed by atoms with Gasteiger partial charge in [-0.2, -0.15) is 5.10 Å². The van der Waals surface area contributed by atoms with Gasteiger partial charge in [-0.1, -0.05) is 6.92 Å². The van der Waals surface area contributed by atoms with Gasteiger partial charge in [0.05, 0.1) is 6.20 Å². The van der Waals surface area contributed by atoms with E-state index in [1.54, 1.807) is 0 Å². The molecule has 1 unspecified atom stereocenters. The Kier molecular flexibility index (Phi) is 5.40. The molecule has 0 radical (unpaired) electrons. The lowest BCUT2D eigenvalue weighted by Gasteiger charge is -2.12. The number of aryl methyl sites for hydroxylation is 2. The van der Waals surface area contributed by atoms with Crippen molar-refractivity contribution >= 4 is 0 Å². The molecular formula is C12H23N3. The van der Waals surface area contributed by atoms with Crippen LogP contribution >= 0.6 is 0 Å². The van der Waals surface area contributed by atoms with E-state index in [2.05, 4.69) is 30.5 Å². The summed E-state index contributed by atoms with van der Waals surface area (Å²) in [6.07, 6.45) is 8.91. The van der Waals surface area contributed by atoms with Crippen LogP contribution in [0, 0.1) is 0 Å². The first-order valence-corrected chi connectivity index (χ1v) is 5.93. The zero-order chi connectivity index (χ0) is 11.1. The van der Waals surface area contributed by atoms with Crippen LogP contribution in [-0.2, 0) is 13.5 Å². The second kappa shape index (κ2) is 6.62. The molecule has 3 nitrogen and oxygen atoms in total. The Bertz CT molecular complexity index is 268. The van der Waals surface area contributed by atoms with Gasteiger partial charge in [-0.3, -0.25) is 4.68 Å². The van der Waals surface area contributed by atoms with Crippen LogP contribution < -0.4 is 5.32 Å². The Morgan fingerprint density at radius 1 is 1.53 bits per heavy atom. The number of nitrogens with one attached hydrogen (secondary N) is 1. The van der Waals surface area contributed by atoms with Crippen molar-refractivity contribution in [2.24, 2.45) is 7.05 Å². The monoisotopic (exact) mass is 209 g/mol. The van der Waals surface area contributed by atoms with E-state index in [4.69, 9.17) is 0 Å². The number of nitrogens with zero attached hydrogens (tertiary/aromatic N) is 2. The highest BCUT2D eigenvalue weighted by Gasteiger charge is 2.01. The summed E-state index contributed by atoms with van der Waals surface area (Å²) in [4.78, 5) is 0. The zero-order valence-corrected chi connectivity index (χ0v) is 10.2. The molecule has 0 aromatic carbocycles. The summed E-state index contributed by atoms with van der Waals surface area (Å²) in [6.45, 7) is 5.60. The molecule has 1 N–H and O–H groups in total. The van der Waals surface area contributed by atoms with Gasteiger partial charge in [0.25, 0.3) is 0 Å². The fraction of sp³-hybridized carbons (Fsp3) is 0.750. The molecule has 1 heterocycles. The van der Waals surface area contributed by atoms with E-state index >= 15 is 0 Å². The SMILES string of the molecule is CCCNC(C)CCCc1cnn(C)c1. The molecule has 1 atom stereocenters. The van der Waals surface area contributed by atoms with Crippen LogP contribution in [0.1, 0.15) is 38.7 Å². The van der Waals surface area contributed by atoms with Gasteiger partial charge in [0.1, 0.15) is 0 Å². The first kappa shape index (κ1) is 12.2. The lowest BCUT2D eigenvalue weighted by molar-refractivity contribution is 0.498. The third-order valence-corrected chi connectivity index (χ3v) is 2.60. The first-order chi connectivity index (χ1) is 7.22. The lowest BCUT2D eigenvalue weighted by atomic mass is 10.1. The van der Waals surface area contributed by atoms with Crippen molar-refractivity contribution in [2.75, 3.05) is 6.54 Å². The summed E-state index contributed by atoms with van der Waals surface area (Å²) in [7, 11) is 1.97. The van der Waals surface area contributed by atoms with Gasteiger partial charge >= 0.3 is 0 Å². The molecule has 0 aliphatic heterocycles. The van der Waals surface area contributed by atoms with E-state index < -0.39 is 0 Å². The molecule has 0 aliphatic rings. The van der Waals surface area contributed by atoms with Gasteiger partial charge in [0, 0.05) is 19.3 Å². The predicted molar refractivity (Wildman–Crippen MR) is 63.9 cm³/mol. The van der Waals surface area contributed by atoms with E-state index in [0.717, 1.165) is 13.0 Å². The smallest absolute Gasteiger partial charge is 0.0521 e.